The van der Waals surface area contributed by atoms with Crippen molar-refractivity contribution in [1.29, 1.82) is 0 Å². The van der Waals surface area contributed by atoms with Crippen LogP contribution in [0.3, 0.4) is 0 Å². The van der Waals surface area contributed by atoms with Gasteiger partial charge in [-0.1, -0.05) is 0 Å². The van der Waals surface area contributed by atoms with Crippen LogP contribution in [0.1, 0.15) is 11.1 Å². The molecule has 2 amide bonds. The molecule has 0 unspecified atom stereocenters. The molecule has 0 radical (unpaired) electrons. The molecule has 0 bridgehead atoms. The van der Waals surface area contributed by atoms with E-state index in [1.807, 2.05) is 0 Å². The molecule has 1 aromatic rings. The van der Waals surface area contributed by atoms with Gasteiger partial charge in [-0.25, -0.2) is 4.90 Å². The zero-order valence-electron chi connectivity index (χ0n) is 9.99. The fraction of sp³-hybridized carbons (Fsp3) is 0.167. The fourth-order valence-corrected chi connectivity index (χ4v) is 1.94. The fourth-order valence-electron chi connectivity index (χ4n) is 1.94. The molecule has 0 atom stereocenters. The minimum Gasteiger partial charge on any atom is -0.391 e. The van der Waals surface area contributed by atoms with Gasteiger partial charge in [-0.05, 0) is 18.6 Å². The van der Waals surface area contributed by atoms with E-state index in [2.05, 4.69) is 0 Å². The lowest BCUT2D eigenvalue weighted by Gasteiger charge is -2.18. The van der Waals surface area contributed by atoms with Crippen molar-refractivity contribution in [2.45, 2.75) is 13.5 Å². The highest BCUT2D eigenvalue weighted by atomic mass is 16.6. The van der Waals surface area contributed by atoms with Gasteiger partial charge in [0.15, 0.2) is 0 Å². The van der Waals surface area contributed by atoms with Crippen molar-refractivity contribution in [1.82, 2.24) is 0 Å². The Balaban J connectivity index is 2.66. The minimum atomic E-state index is -0.652. The second-order valence-corrected chi connectivity index (χ2v) is 4.04. The average molecular weight is 262 g/mol. The van der Waals surface area contributed by atoms with Crippen molar-refractivity contribution in [3.8, 4) is 0 Å². The number of aliphatic hydroxyl groups is 1. The van der Waals surface area contributed by atoms with Crippen molar-refractivity contribution >= 4 is 23.2 Å². The van der Waals surface area contributed by atoms with Gasteiger partial charge in [-0.2, -0.15) is 0 Å². The number of nitrogens with zero attached hydrogens (tertiary/aromatic N) is 2. The van der Waals surface area contributed by atoms with Crippen LogP contribution < -0.4 is 4.90 Å². The van der Waals surface area contributed by atoms with E-state index in [1.54, 1.807) is 6.92 Å². The number of nitro benzene ring substituents is 1. The molecule has 1 aromatic carbocycles. The Morgan fingerprint density at radius 3 is 2.32 bits per heavy atom. The second-order valence-electron chi connectivity index (χ2n) is 4.04. The molecule has 98 valence electrons. The van der Waals surface area contributed by atoms with E-state index < -0.39 is 23.3 Å². The Labute approximate surface area is 107 Å². The van der Waals surface area contributed by atoms with Crippen molar-refractivity contribution in [3.05, 3.63) is 45.5 Å². The van der Waals surface area contributed by atoms with Crippen LogP contribution in [0, 0.1) is 17.0 Å². The molecular formula is C12H10N2O5. The van der Waals surface area contributed by atoms with Gasteiger partial charge in [-0.3, -0.25) is 19.7 Å². The molecule has 1 heterocycles. The molecule has 0 saturated carbocycles. The van der Waals surface area contributed by atoms with Crippen LogP contribution in [0.15, 0.2) is 24.3 Å². The quantitative estimate of drug-likeness (QED) is 0.494. The topological polar surface area (TPSA) is 101 Å². The molecule has 1 aliphatic rings. The van der Waals surface area contributed by atoms with Crippen LogP contribution >= 0.6 is 0 Å². The number of rotatable bonds is 3. The molecule has 0 aromatic heterocycles. The summed E-state index contributed by atoms with van der Waals surface area (Å²) in [4.78, 5) is 34.3. The van der Waals surface area contributed by atoms with Crippen LogP contribution in [-0.4, -0.2) is 21.8 Å². The van der Waals surface area contributed by atoms with E-state index >= 15 is 0 Å². The van der Waals surface area contributed by atoms with Crippen molar-refractivity contribution in [2.24, 2.45) is 0 Å². The molecule has 0 saturated heterocycles. The normalized spacial score (nSPS) is 14.3. The van der Waals surface area contributed by atoms with Gasteiger partial charge in [0.2, 0.25) is 0 Å². The number of anilines is 1. The maximum atomic E-state index is 11.6. The first-order chi connectivity index (χ1) is 8.95. The van der Waals surface area contributed by atoms with Gasteiger partial charge in [0.1, 0.15) is 0 Å². The van der Waals surface area contributed by atoms with Gasteiger partial charge < -0.3 is 5.11 Å². The van der Waals surface area contributed by atoms with E-state index in [9.17, 15) is 24.8 Å². The lowest BCUT2D eigenvalue weighted by molar-refractivity contribution is -0.385. The Hall–Kier alpha value is -2.54. The van der Waals surface area contributed by atoms with E-state index in [1.165, 1.54) is 12.1 Å². The molecule has 2 rings (SSSR count). The third-order valence-corrected chi connectivity index (χ3v) is 2.75. The van der Waals surface area contributed by atoms with E-state index in [-0.39, 0.29) is 16.9 Å². The highest BCUT2D eigenvalue weighted by Crippen LogP contribution is 2.32. The number of imide groups is 1. The summed E-state index contributed by atoms with van der Waals surface area (Å²) in [5, 5.41) is 20.3. The second kappa shape index (κ2) is 4.62. The Bertz CT molecular complexity index is 603. The van der Waals surface area contributed by atoms with E-state index in [0.717, 1.165) is 17.1 Å². The molecule has 19 heavy (non-hydrogen) atoms. The van der Waals surface area contributed by atoms with Crippen LogP contribution in [0.2, 0.25) is 0 Å². The van der Waals surface area contributed by atoms with Crippen LogP contribution in [0.5, 0.6) is 0 Å². The monoisotopic (exact) mass is 262 g/mol. The summed E-state index contributed by atoms with van der Waals surface area (Å²) in [5.41, 5.74) is 0.201. The molecule has 0 fully saturated rings. The van der Waals surface area contributed by atoms with E-state index in [4.69, 9.17) is 0 Å². The summed E-state index contributed by atoms with van der Waals surface area (Å²) in [7, 11) is 0. The predicted octanol–water partition coefficient (Wildman–Crippen LogP) is 0.825. The number of nitro groups is 1. The summed E-state index contributed by atoms with van der Waals surface area (Å²) in [6.45, 7) is 0.971. The minimum absolute atomic E-state index is 0.0502. The number of carbonyl (C=O) groups excluding carboxylic acids is 2. The number of benzene rings is 1. The van der Waals surface area contributed by atoms with Crippen LogP contribution in [0.25, 0.3) is 0 Å². The Morgan fingerprint density at radius 1 is 1.26 bits per heavy atom. The highest BCUT2D eigenvalue weighted by Gasteiger charge is 2.30. The Morgan fingerprint density at radius 2 is 1.84 bits per heavy atom. The number of hydrogen-bond donors (Lipinski definition) is 1. The zero-order valence-corrected chi connectivity index (χ0v) is 9.99. The Kier molecular flexibility index (Phi) is 3.14. The number of amides is 2. The first-order valence-corrected chi connectivity index (χ1v) is 5.40. The summed E-state index contributed by atoms with van der Waals surface area (Å²) >= 11 is 0. The number of hydrogen-bond acceptors (Lipinski definition) is 5. The molecule has 7 heteroatoms. The van der Waals surface area contributed by atoms with Gasteiger partial charge in [0, 0.05) is 18.2 Å². The van der Waals surface area contributed by atoms with Crippen LogP contribution in [-0.2, 0) is 16.2 Å². The lowest BCUT2D eigenvalue weighted by atomic mass is 10.1. The maximum Gasteiger partial charge on any atom is 0.277 e. The largest absolute Gasteiger partial charge is 0.391 e. The van der Waals surface area contributed by atoms with Crippen molar-refractivity contribution in [3.63, 3.8) is 0 Å². The van der Waals surface area contributed by atoms with Gasteiger partial charge >= 0.3 is 0 Å². The first-order valence-electron chi connectivity index (χ1n) is 5.40. The van der Waals surface area contributed by atoms with E-state index in [0.29, 0.717) is 5.56 Å². The van der Waals surface area contributed by atoms with Gasteiger partial charge in [-0.15, -0.1) is 0 Å². The van der Waals surface area contributed by atoms with Crippen LogP contribution in [0.4, 0.5) is 11.4 Å². The summed E-state index contributed by atoms with van der Waals surface area (Å²) in [6.07, 6.45) is 2.16. The number of carbonyl (C=O) groups is 2. The predicted molar refractivity (Wildman–Crippen MR) is 65.4 cm³/mol. The third-order valence-electron chi connectivity index (χ3n) is 2.75. The molecule has 0 spiro atoms. The third kappa shape index (κ3) is 2.11. The standard InChI is InChI=1S/C12H10N2O5/c1-7-4-9(13-11(16)2-3-12(13)17)8(6-15)10(5-7)14(18)19/h2-5,15H,6H2,1H3. The smallest absolute Gasteiger partial charge is 0.277 e. The van der Waals surface area contributed by atoms with Gasteiger partial charge in [0.25, 0.3) is 17.5 Å². The SMILES string of the molecule is Cc1cc(N2C(=O)C=CC2=O)c(CO)c([N+](=O)[O-])c1. The first kappa shape index (κ1) is 12.9. The molecule has 1 N–H and O–H groups in total. The van der Waals surface area contributed by atoms with Crippen molar-refractivity contribution in [2.75, 3.05) is 4.90 Å². The molecule has 0 aliphatic carbocycles. The lowest BCUT2D eigenvalue weighted by Crippen LogP contribution is -2.30. The van der Waals surface area contributed by atoms with Gasteiger partial charge in [0.05, 0.1) is 22.8 Å². The molecular weight excluding hydrogens is 252 g/mol. The van der Waals surface area contributed by atoms with Crippen molar-refractivity contribution < 1.29 is 19.6 Å². The molecule has 1 aliphatic heterocycles. The number of aryl methyl sites for hydroxylation is 1. The maximum absolute atomic E-state index is 11.6. The molecule has 7 nitrogen and oxygen atoms in total. The summed E-state index contributed by atoms with van der Waals surface area (Å²) < 4.78 is 0. The number of aliphatic hydroxyl groups excluding tert-OH is 1. The highest BCUT2D eigenvalue weighted by molar-refractivity contribution is 6.28. The summed E-state index contributed by atoms with van der Waals surface area (Å²) in [6, 6.07) is 2.74. The average Bonchev–Trinajstić information content (AvgIpc) is 2.67. The zero-order chi connectivity index (χ0) is 14.2. The summed E-state index contributed by atoms with van der Waals surface area (Å²) in [5.74, 6) is -1.17.